The zero-order valence-electron chi connectivity index (χ0n) is 12.2. The summed E-state index contributed by atoms with van der Waals surface area (Å²) in [7, 11) is 0. The smallest absolute Gasteiger partial charge is 0.305 e. The number of carboxylic acid groups (broad SMARTS) is 1. The molecular formula is C17H17ClN2O2. The van der Waals surface area contributed by atoms with Crippen LogP contribution >= 0.6 is 11.6 Å². The predicted molar refractivity (Wildman–Crippen MR) is 90.0 cm³/mol. The van der Waals surface area contributed by atoms with E-state index in [1.54, 1.807) is 12.3 Å². The van der Waals surface area contributed by atoms with Gasteiger partial charge in [-0.1, -0.05) is 23.7 Å². The summed E-state index contributed by atoms with van der Waals surface area (Å²) in [4.78, 5) is 14.9. The molecule has 1 aromatic heterocycles. The maximum atomic E-state index is 10.7. The van der Waals surface area contributed by atoms with Gasteiger partial charge in [0.05, 0.1) is 12.1 Å². The van der Waals surface area contributed by atoms with Crippen molar-refractivity contribution in [3.8, 4) is 0 Å². The summed E-state index contributed by atoms with van der Waals surface area (Å²) in [5, 5.41) is 12.6. The van der Waals surface area contributed by atoms with Gasteiger partial charge in [0.1, 0.15) is 0 Å². The van der Waals surface area contributed by atoms with Crippen LogP contribution in [0.4, 0.5) is 5.69 Å². The molecule has 0 radical (unpaired) electrons. The number of nitrogens with one attached hydrogen (secondary N) is 1. The Balaban J connectivity index is 2.13. The van der Waals surface area contributed by atoms with Crippen LogP contribution in [0.15, 0.2) is 42.6 Å². The number of rotatable bonds is 6. The second-order valence-corrected chi connectivity index (χ2v) is 5.37. The quantitative estimate of drug-likeness (QED) is 0.839. The molecule has 0 saturated carbocycles. The van der Waals surface area contributed by atoms with Crippen LogP contribution in [-0.2, 0) is 4.79 Å². The van der Waals surface area contributed by atoms with Crippen molar-refractivity contribution in [1.29, 1.82) is 0 Å². The number of aromatic nitrogens is 1. The van der Waals surface area contributed by atoms with Gasteiger partial charge in [0.25, 0.3) is 0 Å². The van der Waals surface area contributed by atoms with E-state index in [1.807, 2.05) is 49.4 Å². The highest BCUT2D eigenvalue weighted by Gasteiger charge is 2.08. The maximum Gasteiger partial charge on any atom is 0.305 e. The molecule has 4 nitrogen and oxygen atoms in total. The van der Waals surface area contributed by atoms with Crippen LogP contribution < -0.4 is 5.32 Å². The Bertz CT molecular complexity index is 672. The molecule has 0 aliphatic carbocycles. The molecule has 114 valence electrons. The van der Waals surface area contributed by atoms with E-state index in [0.717, 1.165) is 16.9 Å². The van der Waals surface area contributed by atoms with Crippen molar-refractivity contribution >= 4 is 35.4 Å². The van der Waals surface area contributed by atoms with E-state index in [2.05, 4.69) is 10.3 Å². The highest BCUT2D eigenvalue weighted by atomic mass is 35.5. The Kier molecular flexibility index (Phi) is 5.55. The third kappa shape index (κ3) is 4.90. The number of hydrogen-bond acceptors (Lipinski definition) is 3. The van der Waals surface area contributed by atoms with Gasteiger partial charge < -0.3 is 10.4 Å². The van der Waals surface area contributed by atoms with Gasteiger partial charge in [0.15, 0.2) is 0 Å². The first-order chi connectivity index (χ1) is 10.5. The number of carboxylic acids is 1. The van der Waals surface area contributed by atoms with Crippen LogP contribution in [0.25, 0.3) is 12.2 Å². The molecule has 2 rings (SSSR count). The van der Waals surface area contributed by atoms with Crippen molar-refractivity contribution < 1.29 is 9.90 Å². The lowest BCUT2D eigenvalue weighted by Crippen LogP contribution is -2.19. The summed E-state index contributed by atoms with van der Waals surface area (Å²) < 4.78 is 0. The van der Waals surface area contributed by atoms with Gasteiger partial charge in [-0.15, -0.1) is 0 Å². The van der Waals surface area contributed by atoms with Crippen LogP contribution in [-0.4, -0.2) is 22.1 Å². The molecule has 1 aromatic carbocycles. The summed E-state index contributed by atoms with van der Waals surface area (Å²) in [5.74, 6) is -0.829. The molecule has 0 fully saturated rings. The van der Waals surface area contributed by atoms with Gasteiger partial charge in [-0.25, -0.2) is 0 Å². The molecule has 0 bridgehead atoms. The minimum atomic E-state index is -0.829. The summed E-state index contributed by atoms with van der Waals surface area (Å²) in [6, 6.07) is 11.0. The second kappa shape index (κ2) is 7.61. The molecule has 1 atom stereocenters. The number of aliphatic carboxylic acids is 1. The normalized spacial score (nSPS) is 12.3. The van der Waals surface area contributed by atoms with E-state index < -0.39 is 5.97 Å². The molecule has 2 aromatic rings. The minimum absolute atomic E-state index is 0.0573. The molecule has 0 spiro atoms. The Morgan fingerprint density at radius 3 is 2.86 bits per heavy atom. The van der Waals surface area contributed by atoms with E-state index in [4.69, 9.17) is 16.7 Å². The average Bonchev–Trinajstić information content (AvgIpc) is 2.48. The molecule has 0 unspecified atom stereocenters. The molecule has 0 amide bonds. The monoisotopic (exact) mass is 316 g/mol. The number of pyridine rings is 1. The lowest BCUT2D eigenvalue weighted by atomic mass is 10.1. The molecule has 0 aliphatic heterocycles. The van der Waals surface area contributed by atoms with Crippen molar-refractivity contribution in [1.82, 2.24) is 4.98 Å². The average molecular weight is 317 g/mol. The predicted octanol–water partition coefficient (Wildman–Crippen LogP) is 4.18. The summed E-state index contributed by atoms with van der Waals surface area (Å²) in [6.07, 6.45) is 5.55. The van der Waals surface area contributed by atoms with E-state index in [9.17, 15) is 4.79 Å². The van der Waals surface area contributed by atoms with E-state index in [1.165, 1.54) is 0 Å². The van der Waals surface area contributed by atoms with Gasteiger partial charge in [0, 0.05) is 22.9 Å². The van der Waals surface area contributed by atoms with Crippen molar-refractivity contribution in [3.63, 3.8) is 0 Å². The van der Waals surface area contributed by atoms with Gasteiger partial charge in [-0.3, -0.25) is 9.78 Å². The first-order valence-electron chi connectivity index (χ1n) is 6.91. The standard InChI is InChI=1S/C17H17ClN2O2/c1-12(10-17(21)22)20-15-7-8-16(18)13(11-15)5-6-14-4-2-3-9-19-14/h2-9,11-12,20H,10H2,1H3,(H,21,22)/b6-5+/t12-/m1/s1. The van der Waals surface area contributed by atoms with Crippen molar-refractivity contribution in [2.75, 3.05) is 5.32 Å². The fraction of sp³-hybridized carbons (Fsp3) is 0.176. The van der Waals surface area contributed by atoms with Crippen molar-refractivity contribution in [2.45, 2.75) is 19.4 Å². The minimum Gasteiger partial charge on any atom is -0.481 e. The van der Waals surface area contributed by atoms with Gasteiger partial charge in [-0.05, 0) is 48.9 Å². The van der Waals surface area contributed by atoms with Crippen LogP contribution in [0, 0.1) is 0 Å². The van der Waals surface area contributed by atoms with Crippen LogP contribution in [0.3, 0.4) is 0 Å². The zero-order chi connectivity index (χ0) is 15.9. The van der Waals surface area contributed by atoms with Crippen LogP contribution in [0.5, 0.6) is 0 Å². The zero-order valence-corrected chi connectivity index (χ0v) is 12.9. The van der Waals surface area contributed by atoms with E-state index in [0.29, 0.717) is 5.02 Å². The lowest BCUT2D eigenvalue weighted by Gasteiger charge is -2.14. The summed E-state index contributed by atoms with van der Waals surface area (Å²) >= 11 is 6.19. The third-order valence-electron chi connectivity index (χ3n) is 3.01. The number of halogens is 1. The largest absolute Gasteiger partial charge is 0.481 e. The van der Waals surface area contributed by atoms with Crippen LogP contribution in [0.2, 0.25) is 5.02 Å². The highest BCUT2D eigenvalue weighted by molar-refractivity contribution is 6.32. The lowest BCUT2D eigenvalue weighted by molar-refractivity contribution is -0.137. The fourth-order valence-corrected chi connectivity index (χ4v) is 2.19. The number of carbonyl (C=O) groups is 1. The molecule has 0 aliphatic rings. The second-order valence-electron chi connectivity index (χ2n) is 4.97. The van der Waals surface area contributed by atoms with Crippen molar-refractivity contribution in [3.05, 3.63) is 58.9 Å². The van der Waals surface area contributed by atoms with Gasteiger partial charge in [-0.2, -0.15) is 0 Å². The Morgan fingerprint density at radius 2 is 2.18 bits per heavy atom. The van der Waals surface area contributed by atoms with E-state index >= 15 is 0 Å². The Morgan fingerprint density at radius 1 is 1.36 bits per heavy atom. The molecule has 5 heteroatoms. The molecule has 0 saturated heterocycles. The third-order valence-corrected chi connectivity index (χ3v) is 3.36. The molecule has 22 heavy (non-hydrogen) atoms. The fourth-order valence-electron chi connectivity index (χ4n) is 2.01. The van der Waals surface area contributed by atoms with Gasteiger partial charge in [0.2, 0.25) is 0 Å². The molecular weight excluding hydrogens is 300 g/mol. The van der Waals surface area contributed by atoms with Gasteiger partial charge >= 0.3 is 5.97 Å². The maximum absolute atomic E-state index is 10.7. The topological polar surface area (TPSA) is 62.2 Å². The first kappa shape index (κ1) is 16.0. The number of anilines is 1. The highest BCUT2D eigenvalue weighted by Crippen LogP contribution is 2.23. The van der Waals surface area contributed by atoms with Crippen molar-refractivity contribution in [2.24, 2.45) is 0 Å². The summed E-state index contributed by atoms with van der Waals surface area (Å²) in [6.45, 7) is 1.83. The molecule has 1 heterocycles. The Labute approximate surface area is 134 Å². The SMILES string of the molecule is C[C@H](CC(=O)O)Nc1ccc(Cl)c(/C=C/c2ccccn2)c1. The summed E-state index contributed by atoms with van der Waals surface area (Å²) in [5.41, 5.74) is 2.52. The van der Waals surface area contributed by atoms with E-state index in [-0.39, 0.29) is 12.5 Å². The Hall–Kier alpha value is -2.33. The first-order valence-corrected chi connectivity index (χ1v) is 7.29. The number of hydrogen-bond donors (Lipinski definition) is 2. The van der Waals surface area contributed by atoms with Crippen LogP contribution in [0.1, 0.15) is 24.6 Å². The number of nitrogens with zero attached hydrogens (tertiary/aromatic N) is 1. The molecule has 2 N–H and O–H groups in total. The number of benzene rings is 1.